The molecule has 0 aromatic heterocycles. The minimum absolute atomic E-state index is 0.318. The van der Waals surface area contributed by atoms with E-state index < -0.39 is 11.5 Å². The first-order valence-electron chi connectivity index (χ1n) is 6.83. The van der Waals surface area contributed by atoms with Gasteiger partial charge in [-0.25, -0.2) is 4.79 Å². The molecule has 0 radical (unpaired) electrons. The molecular formula is C15H21NO3. The molecule has 0 spiro atoms. The molecule has 1 aliphatic carbocycles. The quantitative estimate of drug-likeness (QED) is 0.706. The Hall–Kier alpha value is -1.39. The zero-order valence-electron chi connectivity index (χ0n) is 11.3. The molecule has 0 saturated heterocycles. The Balaban J connectivity index is 2.24. The zero-order chi connectivity index (χ0) is 13.7. The number of carbonyl (C=O) groups is 1. The highest BCUT2D eigenvalue weighted by Gasteiger charge is 2.43. The number of hydrogen-bond acceptors (Lipinski definition) is 3. The Labute approximate surface area is 113 Å². The molecule has 1 saturated carbocycles. The number of carboxylic acids is 1. The van der Waals surface area contributed by atoms with Crippen LogP contribution in [0.3, 0.4) is 0 Å². The maximum absolute atomic E-state index is 11.9. The number of aliphatic carboxylic acids is 1. The highest BCUT2D eigenvalue weighted by molar-refractivity contribution is 5.81. The molecule has 1 aliphatic rings. The normalized spacial score (nSPS) is 17.9. The monoisotopic (exact) mass is 263 g/mol. The third-order valence-electron chi connectivity index (χ3n) is 3.49. The van der Waals surface area contributed by atoms with Gasteiger partial charge in [0.15, 0.2) is 0 Å². The predicted molar refractivity (Wildman–Crippen MR) is 73.0 cm³/mol. The van der Waals surface area contributed by atoms with Crippen LogP contribution < -0.4 is 5.32 Å². The summed E-state index contributed by atoms with van der Waals surface area (Å²) in [4.78, 5) is 11.9. The van der Waals surface area contributed by atoms with Crippen molar-refractivity contribution in [1.82, 2.24) is 5.32 Å². The first-order chi connectivity index (χ1) is 9.19. The average Bonchev–Trinajstić information content (AvgIpc) is 3.22. The second-order valence-corrected chi connectivity index (χ2v) is 4.94. The highest BCUT2D eigenvalue weighted by Crippen LogP contribution is 2.31. The zero-order valence-corrected chi connectivity index (χ0v) is 11.3. The van der Waals surface area contributed by atoms with Gasteiger partial charge in [-0.15, -0.1) is 0 Å². The van der Waals surface area contributed by atoms with Crippen LogP contribution in [0.25, 0.3) is 0 Å². The lowest BCUT2D eigenvalue weighted by Gasteiger charge is -2.31. The summed E-state index contributed by atoms with van der Waals surface area (Å²) in [7, 11) is 0. The van der Waals surface area contributed by atoms with E-state index in [1.54, 1.807) is 0 Å². The van der Waals surface area contributed by atoms with E-state index in [0.717, 1.165) is 18.4 Å². The van der Waals surface area contributed by atoms with Gasteiger partial charge >= 0.3 is 5.97 Å². The lowest BCUT2D eigenvalue weighted by Crippen LogP contribution is -2.51. The van der Waals surface area contributed by atoms with E-state index in [9.17, 15) is 9.90 Å². The molecule has 19 heavy (non-hydrogen) atoms. The lowest BCUT2D eigenvalue weighted by atomic mass is 9.86. The molecule has 2 rings (SSSR count). The van der Waals surface area contributed by atoms with Crippen LogP contribution in [0.4, 0.5) is 0 Å². The average molecular weight is 263 g/mol. The Morgan fingerprint density at radius 3 is 2.63 bits per heavy atom. The third-order valence-corrected chi connectivity index (χ3v) is 3.49. The highest BCUT2D eigenvalue weighted by atomic mass is 16.5. The van der Waals surface area contributed by atoms with Crippen molar-refractivity contribution < 1.29 is 14.6 Å². The summed E-state index contributed by atoms with van der Waals surface area (Å²) in [5.74, 6) is -0.828. The summed E-state index contributed by atoms with van der Waals surface area (Å²) in [5, 5.41) is 13.0. The molecule has 1 aromatic rings. The summed E-state index contributed by atoms with van der Waals surface area (Å²) in [6.07, 6.45) is 2.55. The van der Waals surface area contributed by atoms with E-state index in [-0.39, 0.29) is 0 Å². The topological polar surface area (TPSA) is 58.6 Å². The van der Waals surface area contributed by atoms with Crippen molar-refractivity contribution in [1.29, 1.82) is 0 Å². The Kier molecular flexibility index (Phi) is 4.56. The van der Waals surface area contributed by atoms with Crippen LogP contribution in [0, 0.1) is 0 Å². The summed E-state index contributed by atoms with van der Waals surface area (Å²) < 4.78 is 5.36. The van der Waals surface area contributed by atoms with Crippen LogP contribution in [0.5, 0.6) is 0 Å². The van der Waals surface area contributed by atoms with Crippen LogP contribution in [-0.4, -0.2) is 30.3 Å². The predicted octanol–water partition coefficient (Wildman–Crippen LogP) is 2.15. The van der Waals surface area contributed by atoms with Gasteiger partial charge in [-0.05, 0) is 25.3 Å². The number of ether oxygens (including phenoxy) is 1. The fraction of sp³-hybridized carbons (Fsp3) is 0.533. The van der Waals surface area contributed by atoms with Crippen LogP contribution in [-0.2, 0) is 15.1 Å². The van der Waals surface area contributed by atoms with Crippen molar-refractivity contribution in [2.45, 2.75) is 37.8 Å². The Morgan fingerprint density at radius 1 is 1.42 bits per heavy atom. The Bertz CT molecular complexity index is 417. The van der Waals surface area contributed by atoms with Gasteiger partial charge in [0.2, 0.25) is 0 Å². The number of nitrogens with one attached hydrogen (secondary N) is 1. The molecule has 1 unspecified atom stereocenters. The van der Waals surface area contributed by atoms with Gasteiger partial charge in [0.05, 0.1) is 0 Å². The lowest BCUT2D eigenvalue weighted by molar-refractivity contribution is -0.146. The van der Waals surface area contributed by atoms with E-state index in [1.165, 1.54) is 0 Å². The van der Waals surface area contributed by atoms with Gasteiger partial charge in [0, 0.05) is 25.7 Å². The molecule has 0 bridgehead atoms. The van der Waals surface area contributed by atoms with Crippen molar-refractivity contribution in [2.75, 3.05) is 13.2 Å². The first-order valence-corrected chi connectivity index (χ1v) is 6.83. The van der Waals surface area contributed by atoms with E-state index in [0.29, 0.717) is 25.7 Å². The molecule has 1 fully saturated rings. The van der Waals surface area contributed by atoms with Gasteiger partial charge in [-0.2, -0.15) is 0 Å². The van der Waals surface area contributed by atoms with Crippen molar-refractivity contribution in [3.8, 4) is 0 Å². The van der Waals surface area contributed by atoms with Crippen molar-refractivity contribution in [3.63, 3.8) is 0 Å². The van der Waals surface area contributed by atoms with Gasteiger partial charge in [0.1, 0.15) is 5.54 Å². The van der Waals surface area contributed by atoms with Gasteiger partial charge in [-0.1, -0.05) is 30.3 Å². The molecule has 4 heteroatoms. The van der Waals surface area contributed by atoms with Gasteiger partial charge in [-0.3, -0.25) is 5.32 Å². The molecule has 0 heterocycles. The van der Waals surface area contributed by atoms with E-state index in [1.807, 2.05) is 37.3 Å². The standard InChI is InChI=1S/C15H21NO3/c1-2-19-11-10-15(14(17)18,16-13-8-9-13)12-6-4-3-5-7-12/h3-7,13,16H,2,8-11H2,1H3,(H,17,18). The fourth-order valence-electron chi connectivity index (χ4n) is 2.26. The molecule has 4 nitrogen and oxygen atoms in total. The van der Waals surface area contributed by atoms with Crippen molar-refractivity contribution in [3.05, 3.63) is 35.9 Å². The Morgan fingerprint density at radius 2 is 2.11 bits per heavy atom. The summed E-state index contributed by atoms with van der Waals surface area (Å²) in [5.41, 5.74) is -0.230. The van der Waals surface area contributed by atoms with Crippen LogP contribution in [0.15, 0.2) is 30.3 Å². The van der Waals surface area contributed by atoms with Gasteiger partial charge in [0.25, 0.3) is 0 Å². The third kappa shape index (κ3) is 3.33. The first kappa shape index (κ1) is 14.0. The molecule has 0 amide bonds. The molecular weight excluding hydrogens is 242 g/mol. The second kappa shape index (κ2) is 6.17. The second-order valence-electron chi connectivity index (χ2n) is 4.94. The smallest absolute Gasteiger partial charge is 0.328 e. The maximum Gasteiger partial charge on any atom is 0.328 e. The molecule has 2 N–H and O–H groups in total. The van der Waals surface area contributed by atoms with Gasteiger partial charge < -0.3 is 9.84 Å². The van der Waals surface area contributed by atoms with E-state index in [2.05, 4.69) is 5.32 Å². The van der Waals surface area contributed by atoms with Crippen LogP contribution >= 0.6 is 0 Å². The van der Waals surface area contributed by atoms with Crippen molar-refractivity contribution >= 4 is 5.97 Å². The van der Waals surface area contributed by atoms with E-state index >= 15 is 0 Å². The number of rotatable bonds is 8. The van der Waals surface area contributed by atoms with E-state index in [4.69, 9.17) is 4.74 Å². The van der Waals surface area contributed by atoms with Crippen LogP contribution in [0.2, 0.25) is 0 Å². The molecule has 1 atom stereocenters. The fourth-order valence-corrected chi connectivity index (χ4v) is 2.26. The largest absolute Gasteiger partial charge is 0.480 e. The number of benzene rings is 1. The molecule has 0 aliphatic heterocycles. The summed E-state index contributed by atoms with van der Waals surface area (Å²) >= 11 is 0. The summed E-state index contributed by atoms with van der Waals surface area (Å²) in [6.45, 7) is 2.96. The molecule has 1 aromatic carbocycles. The van der Waals surface area contributed by atoms with Crippen LogP contribution in [0.1, 0.15) is 31.7 Å². The SMILES string of the molecule is CCOCCC(NC1CC1)(C(=O)O)c1ccccc1. The number of carboxylic acid groups (broad SMARTS) is 1. The van der Waals surface area contributed by atoms with Crippen molar-refractivity contribution in [2.24, 2.45) is 0 Å². The molecule has 104 valence electrons. The minimum Gasteiger partial charge on any atom is -0.480 e. The maximum atomic E-state index is 11.9. The summed E-state index contributed by atoms with van der Waals surface area (Å²) in [6, 6.07) is 9.71. The minimum atomic E-state index is -1.03. The number of hydrogen-bond donors (Lipinski definition) is 2.